The van der Waals surface area contributed by atoms with Gasteiger partial charge >= 0.3 is 0 Å². The van der Waals surface area contributed by atoms with Crippen LogP contribution in [0.4, 0.5) is 0 Å². The Kier molecular flexibility index (Phi) is 7.97. The fraction of sp³-hybridized carbons (Fsp3) is 0.478. The van der Waals surface area contributed by atoms with E-state index in [1.807, 2.05) is 13.8 Å². The van der Waals surface area contributed by atoms with Crippen LogP contribution in [-0.4, -0.2) is 46.9 Å². The van der Waals surface area contributed by atoms with Gasteiger partial charge in [-0.25, -0.2) is 21.6 Å². The quantitative estimate of drug-likeness (QED) is 0.592. The molecule has 1 aliphatic heterocycles. The lowest BCUT2D eigenvalue weighted by Gasteiger charge is -2.34. The first-order valence-electron chi connectivity index (χ1n) is 11.0. The van der Waals surface area contributed by atoms with Gasteiger partial charge in [0.1, 0.15) is 5.75 Å². The number of nitrogens with one attached hydrogen (secondary N) is 1. The highest BCUT2D eigenvalue weighted by molar-refractivity contribution is 7.89. The molecule has 0 radical (unpaired) electrons. The van der Waals surface area contributed by atoms with E-state index in [1.54, 1.807) is 43.3 Å². The maximum atomic E-state index is 13.2. The second-order valence-electron chi connectivity index (χ2n) is 8.13. The first-order chi connectivity index (χ1) is 15.1. The molecule has 1 N–H and O–H groups in total. The Hall–Kier alpha value is -1.94. The van der Waals surface area contributed by atoms with E-state index in [4.69, 9.17) is 4.74 Å². The molecule has 1 saturated heterocycles. The molecule has 2 aromatic rings. The molecule has 1 fully saturated rings. The number of benzene rings is 2. The summed E-state index contributed by atoms with van der Waals surface area (Å²) >= 11 is 0. The zero-order chi connectivity index (χ0) is 23.4. The standard InChI is InChI=1S/C23H32N2O5S2/c1-4-30-23-13-12-22(17-19(23)3)31(26,27)24-15-14-20-7-5-6-16-25(20)32(28,29)21-10-8-18(2)9-11-21/h8-13,17,20,24H,4-7,14-16H2,1-3H3. The van der Waals surface area contributed by atoms with E-state index in [2.05, 4.69) is 4.72 Å². The summed E-state index contributed by atoms with van der Waals surface area (Å²) in [6.07, 6.45) is 2.86. The van der Waals surface area contributed by atoms with Crippen LogP contribution in [0, 0.1) is 13.8 Å². The molecule has 0 amide bonds. The Balaban J connectivity index is 1.68. The summed E-state index contributed by atoms with van der Waals surface area (Å²) in [6, 6.07) is 11.4. The zero-order valence-corrected chi connectivity index (χ0v) is 20.5. The van der Waals surface area contributed by atoms with Gasteiger partial charge in [-0.2, -0.15) is 4.31 Å². The third-order valence-corrected chi connectivity index (χ3v) is 9.15. The van der Waals surface area contributed by atoms with Gasteiger partial charge in [0.2, 0.25) is 20.0 Å². The fourth-order valence-corrected chi connectivity index (χ4v) is 6.83. The minimum Gasteiger partial charge on any atom is -0.494 e. The van der Waals surface area contributed by atoms with Gasteiger partial charge in [0, 0.05) is 19.1 Å². The fourth-order valence-electron chi connectivity index (χ4n) is 3.97. The van der Waals surface area contributed by atoms with Gasteiger partial charge in [-0.3, -0.25) is 0 Å². The van der Waals surface area contributed by atoms with Crippen LogP contribution in [0.3, 0.4) is 0 Å². The molecule has 7 nitrogen and oxygen atoms in total. The van der Waals surface area contributed by atoms with Crippen molar-refractivity contribution in [2.24, 2.45) is 0 Å². The zero-order valence-electron chi connectivity index (χ0n) is 18.9. The summed E-state index contributed by atoms with van der Waals surface area (Å²) in [5.74, 6) is 0.658. The smallest absolute Gasteiger partial charge is 0.243 e. The highest BCUT2D eigenvalue weighted by Gasteiger charge is 2.33. The highest BCUT2D eigenvalue weighted by atomic mass is 32.2. The van der Waals surface area contributed by atoms with Crippen LogP contribution >= 0.6 is 0 Å². The number of piperidine rings is 1. The molecule has 1 heterocycles. The third kappa shape index (κ3) is 5.70. The molecular weight excluding hydrogens is 448 g/mol. The van der Waals surface area contributed by atoms with Gasteiger partial charge in [0.05, 0.1) is 16.4 Å². The summed E-state index contributed by atoms with van der Waals surface area (Å²) in [7, 11) is -7.32. The number of sulfonamides is 2. The number of aryl methyl sites for hydroxylation is 2. The molecule has 0 bridgehead atoms. The minimum atomic E-state index is -3.70. The van der Waals surface area contributed by atoms with Gasteiger partial charge in [-0.05, 0) is 75.9 Å². The summed E-state index contributed by atoms with van der Waals surface area (Å²) in [6.45, 7) is 6.72. The third-order valence-electron chi connectivity index (χ3n) is 5.73. The van der Waals surface area contributed by atoms with Crippen molar-refractivity contribution in [2.75, 3.05) is 19.7 Å². The first-order valence-corrected chi connectivity index (χ1v) is 13.9. The number of hydrogen-bond donors (Lipinski definition) is 1. The number of nitrogens with zero attached hydrogens (tertiary/aromatic N) is 1. The van der Waals surface area contributed by atoms with Crippen LogP contribution in [0.15, 0.2) is 52.3 Å². The highest BCUT2D eigenvalue weighted by Crippen LogP contribution is 2.27. The van der Waals surface area contributed by atoms with Crippen molar-refractivity contribution in [2.45, 2.75) is 62.3 Å². The predicted molar refractivity (Wildman–Crippen MR) is 125 cm³/mol. The molecule has 0 aromatic heterocycles. The lowest BCUT2D eigenvalue weighted by Crippen LogP contribution is -2.45. The summed E-state index contributed by atoms with van der Waals surface area (Å²) in [5, 5.41) is 0. The second kappa shape index (κ2) is 10.3. The van der Waals surface area contributed by atoms with E-state index in [1.165, 1.54) is 10.4 Å². The number of rotatable bonds is 9. The average Bonchev–Trinajstić information content (AvgIpc) is 2.75. The van der Waals surface area contributed by atoms with Gasteiger partial charge < -0.3 is 4.74 Å². The maximum Gasteiger partial charge on any atom is 0.243 e. The predicted octanol–water partition coefficient (Wildman–Crippen LogP) is 3.61. The molecule has 176 valence electrons. The van der Waals surface area contributed by atoms with Crippen LogP contribution in [-0.2, 0) is 20.0 Å². The van der Waals surface area contributed by atoms with E-state index in [0.717, 1.165) is 30.4 Å². The van der Waals surface area contributed by atoms with Gasteiger partial charge in [0.15, 0.2) is 0 Å². The van der Waals surface area contributed by atoms with Gasteiger partial charge in [0.25, 0.3) is 0 Å². The van der Waals surface area contributed by atoms with Crippen LogP contribution in [0.2, 0.25) is 0 Å². The Morgan fingerprint density at radius 3 is 2.34 bits per heavy atom. The number of ether oxygens (including phenoxy) is 1. The van der Waals surface area contributed by atoms with Crippen LogP contribution in [0.5, 0.6) is 5.75 Å². The molecule has 0 spiro atoms. The van der Waals surface area contributed by atoms with Crippen LogP contribution < -0.4 is 9.46 Å². The van der Waals surface area contributed by atoms with Crippen molar-refractivity contribution >= 4 is 20.0 Å². The molecule has 0 saturated carbocycles. The van der Waals surface area contributed by atoms with Crippen molar-refractivity contribution in [1.29, 1.82) is 0 Å². The normalized spacial score (nSPS) is 17.9. The molecule has 32 heavy (non-hydrogen) atoms. The van der Waals surface area contributed by atoms with Crippen LogP contribution in [0.25, 0.3) is 0 Å². The number of hydrogen-bond acceptors (Lipinski definition) is 5. The molecular formula is C23H32N2O5S2. The monoisotopic (exact) mass is 480 g/mol. The molecule has 1 atom stereocenters. The summed E-state index contributed by atoms with van der Waals surface area (Å²) < 4.78 is 61.5. The maximum absolute atomic E-state index is 13.2. The second-order valence-corrected chi connectivity index (χ2v) is 11.8. The Morgan fingerprint density at radius 2 is 1.69 bits per heavy atom. The van der Waals surface area contributed by atoms with E-state index in [9.17, 15) is 16.8 Å². The largest absolute Gasteiger partial charge is 0.494 e. The lowest BCUT2D eigenvalue weighted by molar-refractivity contribution is 0.242. The van der Waals surface area contributed by atoms with Gasteiger partial charge in [-0.1, -0.05) is 24.1 Å². The Morgan fingerprint density at radius 1 is 1.00 bits per heavy atom. The molecule has 3 rings (SSSR count). The summed E-state index contributed by atoms with van der Waals surface area (Å²) in [4.78, 5) is 0.451. The molecule has 1 unspecified atom stereocenters. The minimum absolute atomic E-state index is 0.166. The first kappa shape index (κ1) is 24.7. The molecule has 2 aromatic carbocycles. The van der Waals surface area contributed by atoms with E-state index >= 15 is 0 Å². The molecule has 1 aliphatic rings. The van der Waals surface area contributed by atoms with Crippen molar-refractivity contribution in [3.05, 3.63) is 53.6 Å². The van der Waals surface area contributed by atoms with Crippen molar-refractivity contribution < 1.29 is 21.6 Å². The topological polar surface area (TPSA) is 92.8 Å². The molecule has 9 heteroatoms. The van der Waals surface area contributed by atoms with E-state index in [-0.39, 0.29) is 22.4 Å². The Bertz CT molecular complexity index is 1130. The van der Waals surface area contributed by atoms with E-state index < -0.39 is 20.0 Å². The van der Waals surface area contributed by atoms with Crippen molar-refractivity contribution in [3.8, 4) is 5.75 Å². The van der Waals surface area contributed by atoms with E-state index in [0.29, 0.717) is 25.3 Å². The average molecular weight is 481 g/mol. The lowest BCUT2D eigenvalue weighted by atomic mass is 10.0. The van der Waals surface area contributed by atoms with Crippen LogP contribution in [0.1, 0.15) is 43.7 Å². The Labute approximate surface area is 191 Å². The summed E-state index contributed by atoms with van der Waals surface area (Å²) in [5.41, 5.74) is 1.75. The van der Waals surface area contributed by atoms with Gasteiger partial charge in [-0.15, -0.1) is 0 Å². The SMILES string of the molecule is CCOc1ccc(S(=O)(=O)NCCC2CCCCN2S(=O)(=O)c2ccc(C)cc2)cc1C. The van der Waals surface area contributed by atoms with Crippen molar-refractivity contribution in [1.82, 2.24) is 9.03 Å². The van der Waals surface area contributed by atoms with Crippen molar-refractivity contribution in [3.63, 3.8) is 0 Å². The molecule has 0 aliphatic carbocycles.